The molecule has 6 nitrogen and oxygen atoms in total. The second kappa shape index (κ2) is 6.83. The predicted octanol–water partition coefficient (Wildman–Crippen LogP) is 1.69. The Hall–Kier alpha value is -2.44. The molecule has 1 atom stereocenters. The van der Waals surface area contributed by atoms with Crippen LogP contribution in [0, 0.1) is 5.82 Å². The van der Waals surface area contributed by atoms with Crippen LogP contribution in [0.1, 0.15) is 25.7 Å². The zero-order valence-corrected chi connectivity index (χ0v) is 11.9. The summed E-state index contributed by atoms with van der Waals surface area (Å²) >= 11 is 0. The quantitative estimate of drug-likeness (QED) is 0.879. The van der Waals surface area contributed by atoms with E-state index < -0.39 is 0 Å². The first-order chi connectivity index (χ1) is 10.1. The molecule has 0 spiro atoms. The molecule has 1 heterocycles. The van der Waals surface area contributed by atoms with E-state index in [1.165, 1.54) is 30.6 Å². The Balaban J connectivity index is 1.85. The predicted molar refractivity (Wildman–Crippen MR) is 74.1 cm³/mol. The molecule has 0 aliphatic rings. The molecule has 21 heavy (non-hydrogen) atoms. The van der Waals surface area contributed by atoms with E-state index in [0.29, 0.717) is 18.1 Å². The summed E-state index contributed by atoms with van der Waals surface area (Å²) in [7, 11) is 0. The number of hydrogen-bond donors (Lipinski definition) is 1. The number of nitrogens with one attached hydrogen (secondary N) is 1. The highest BCUT2D eigenvalue weighted by Crippen LogP contribution is 2.11. The first kappa shape index (κ1) is 15.0. The van der Waals surface area contributed by atoms with Gasteiger partial charge in [-0.2, -0.15) is 5.10 Å². The fourth-order valence-electron chi connectivity index (χ4n) is 1.88. The second-order valence-corrected chi connectivity index (χ2v) is 4.47. The number of aryl methyl sites for hydroxylation is 1. The molecule has 7 heteroatoms. The van der Waals surface area contributed by atoms with E-state index in [0.717, 1.165) is 0 Å². The van der Waals surface area contributed by atoms with Gasteiger partial charge in [0.15, 0.2) is 6.61 Å². The molecule has 0 aliphatic heterocycles. The molecule has 2 aromatic rings. The van der Waals surface area contributed by atoms with Gasteiger partial charge in [0.1, 0.15) is 23.7 Å². The number of carbonyl (C=O) groups is 1. The average molecular weight is 292 g/mol. The zero-order valence-electron chi connectivity index (χ0n) is 11.9. The van der Waals surface area contributed by atoms with Crippen molar-refractivity contribution < 1.29 is 13.9 Å². The summed E-state index contributed by atoms with van der Waals surface area (Å²) in [5, 5.41) is 6.83. The third-order valence-electron chi connectivity index (χ3n) is 2.89. The molecule has 1 amide bonds. The van der Waals surface area contributed by atoms with Gasteiger partial charge in [0, 0.05) is 6.54 Å². The van der Waals surface area contributed by atoms with Gasteiger partial charge < -0.3 is 10.1 Å². The lowest BCUT2D eigenvalue weighted by Gasteiger charge is -2.14. The van der Waals surface area contributed by atoms with Gasteiger partial charge in [-0.3, -0.25) is 4.79 Å². The number of nitrogens with zero attached hydrogens (tertiary/aromatic N) is 3. The Morgan fingerprint density at radius 3 is 2.81 bits per heavy atom. The van der Waals surface area contributed by atoms with E-state index in [4.69, 9.17) is 4.74 Å². The van der Waals surface area contributed by atoms with Gasteiger partial charge in [0.05, 0.1) is 6.04 Å². The monoisotopic (exact) mass is 292 g/mol. The molecule has 0 saturated carbocycles. The largest absolute Gasteiger partial charge is 0.484 e. The minimum Gasteiger partial charge on any atom is -0.484 e. The summed E-state index contributed by atoms with van der Waals surface area (Å²) in [6.07, 6.45) is 1.45. The van der Waals surface area contributed by atoms with Crippen molar-refractivity contribution >= 4 is 5.91 Å². The lowest BCUT2D eigenvalue weighted by Crippen LogP contribution is -2.32. The van der Waals surface area contributed by atoms with Crippen LogP contribution in [0.15, 0.2) is 30.6 Å². The lowest BCUT2D eigenvalue weighted by atomic mass is 10.3. The summed E-state index contributed by atoms with van der Waals surface area (Å²) in [6.45, 7) is 4.31. The highest BCUT2D eigenvalue weighted by atomic mass is 19.1. The summed E-state index contributed by atoms with van der Waals surface area (Å²) in [5.74, 6) is 0.500. The summed E-state index contributed by atoms with van der Waals surface area (Å²) < 4.78 is 19.7. The number of amides is 1. The van der Waals surface area contributed by atoms with Crippen molar-refractivity contribution in [1.29, 1.82) is 0 Å². The smallest absolute Gasteiger partial charge is 0.258 e. The maximum absolute atomic E-state index is 12.7. The third kappa shape index (κ3) is 4.01. The van der Waals surface area contributed by atoms with Gasteiger partial charge >= 0.3 is 0 Å². The van der Waals surface area contributed by atoms with E-state index in [1.54, 1.807) is 4.68 Å². The fraction of sp³-hybridized carbons (Fsp3) is 0.357. The normalized spacial score (nSPS) is 12.0. The number of benzene rings is 1. The van der Waals surface area contributed by atoms with E-state index in [-0.39, 0.29) is 24.4 Å². The maximum atomic E-state index is 12.7. The Bertz CT molecular complexity index is 597. The van der Waals surface area contributed by atoms with Crippen LogP contribution in [-0.4, -0.2) is 27.3 Å². The molecular weight excluding hydrogens is 275 g/mol. The van der Waals surface area contributed by atoms with Crippen molar-refractivity contribution in [2.45, 2.75) is 26.4 Å². The Kier molecular flexibility index (Phi) is 4.86. The molecule has 1 aromatic heterocycles. The topological polar surface area (TPSA) is 69.0 Å². The molecular formula is C14H17FN4O2. The van der Waals surface area contributed by atoms with Crippen molar-refractivity contribution in [2.75, 3.05) is 6.61 Å². The maximum Gasteiger partial charge on any atom is 0.258 e. The van der Waals surface area contributed by atoms with Gasteiger partial charge in [-0.1, -0.05) is 0 Å². The van der Waals surface area contributed by atoms with Crippen LogP contribution in [0.3, 0.4) is 0 Å². The Labute approximate surface area is 121 Å². The number of aromatic nitrogens is 3. The third-order valence-corrected chi connectivity index (χ3v) is 2.89. The first-order valence-electron chi connectivity index (χ1n) is 6.65. The lowest BCUT2D eigenvalue weighted by molar-refractivity contribution is -0.123. The van der Waals surface area contributed by atoms with Crippen LogP contribution in [0.4, 0.5) is 4.39 Å². The van der Waals surface area contributed by atoms with Gasteiger partial charge in [-0.25, -0.2) is 14.1 Å². The summed E-state index contributed by atoms with van der Waals surface area (Å²) in [4.78, 5) is 15.9. The van der Waals surface area contributed by atoms with Gasteiger partial charge in [-0.15, -0.1) is 0 Å². The van der Waals surface area contributed by atoms with Crippen molar-refractivity contribution in [3.05, 3.63) is 42.2 Å². The number of ether oxygens (including phenoxy) is 1. The van der Waals surface area contributed by atoms with Crippen molar-refractivity contribution in [3.63, 3.8) is 0 Å². The van der Waals surface area contributed by atoms with Gasteiger partial charge in [0.2, 0.25) is 0 Å². The van der Waals surface area contributed by atoms with Crippen molar-refractivity contribution in [3.8, 4) is 5.75 Å². The highest BCUT2D eigenvalue weighted by molar-refractivity contribution is 5.77. The van der Waals surface area contributed by atoms with Gasteiger partial charge in [0.25, 0.3) is 5.91 Å². The molecule has 1 aromatic carbocycles. The standard InChI is InChI=1S/C14H17FN4O2/c1-3-19-14(16-9-17-19)10(2)18-13(20)8-21-12-6-4-11(15)5-7-12/h4-7,9-10H,3,8H2,1-2H3,(H,18,20)/t10-/m0/s1. The van der Waals surface area contributed by atoms with Crippen LogP contribution >= 0.6 is 0 Å². The van der Waals surface area contributed by atoms with E-state index in [1.807, 2.05) is 13.8 Å². The van der Waals surface area contributed by atoms with Gasteiger partial charge in [-0.05, 0) is 38.1 Å². The van der Waals surface area contributed by atoms with E-state index in [2.05, 4.69) is 15.4 Å². The molecule has 1 N–H and O–H groups in total. The number of halogens is 1. The summed E-state index contributed by atoms with van der Waals surface area (Å²) in [6, 6.07) is 5.23. The minimum atomic E-state index is -0.348. The van der Waals surface area contributed by atoms with Crippen LogP contribution in [0.5, 0.6) is 5.75 Å². The van der Waals surface area contributed by atoms with E-state index in [9.17, 15) is 9.18 Å². The number of carbonyl (C=O) groups excluding carboxylic acids is 1. The molecule has 0 bridgehead atoms. The molecule has 0 unspecified atom stereocenters. The van der Waals surface area contributed by atoms with Crippen LogP contribution in [0.2, 0.25) is 0 Å². The summed E-state index contributed by atoms with van der Waals surface area (Å²) in [5.41, 5.74) is 0. The fourth-order valence-corrected chi connectivity index (χ4v) is 1.88. The van der Waals surface area contributed by atoms with Crippen LogP contribution in [-0.2, 0) is 11.3 Å². The Morgan fingerprint density at radius 1 is 1.43 bits per heavy atom. The number of hydrogen-bond acceptors (Lipinski definition) is 4. The first-order valence-corrected chi connectivity index (χ1v) is 6.65. The average Bonchev–Trinajstić information content (AvgIpc) is 2.95. The molecule has 0 radical (unpaired) electrons. The molecule has 112 valence electrons. The van der Waals surface area contributed by atoms with Crippen LogP contribution < -0.4 is 10.1 Å². The van der Waals surface area contributed by atoms with Crippen molar-refractivity contribution in [1.82, 2.24) is 20.1 Å². The Morgan fingerprint density at radius 2 is 2.14 bits per heavy atom. The highest BCUT2D eigenvalue weighted by Gasteiger charge is 2.15. The number of rotatable bonds is 6. The minimum absolute atomic E-state index is 0.143. The molecule has 0 saturated heterocycles. The molecule has 2 rings (SSSR count). The van der Waals surface area contributed by atoms with E-state index >= 15 is 0 Å². The molecule has 0 aliphatic carbocycles. The van der Waals surface area contributed by atoms with Crippen molar-refractivity contribution in [2.24, 2.45) is 0 Å². The SMILES string of the molecule is CCn1ncnc1[C@H](C)NC(=O)COc1ccc(F)cc1. The molecule has 0 fully saturated rings. The zero-order chi connectivity index (χ0) is 15.2. The second-order valence-electron chi connectivity index (χ2n) is 4.47. The van der Waals surface area contributed by atoms with Crippen LogP contribution in [0.25, 0.3) is 0 Å².